The summed E-state index contributed by atoms with van der Waals surface area (Å²) in [5.41, 5.74) is 6.80. The molecule has 90 valence electrons. The third kappa shape index (κ3) is 2.94. The molecule has 0 bridgehead atoms. The quantitative estimate of drug-likeness (QED) is 0.759. The smallest absolute Gasteiger partial charge is 0.0333 e. The van der Waals surface area contributed by atoms with Gasteiger partial charge in [-0.3, -0.25) is 4.90 Å². The Balaban J connectivity index is 2.61. The second-order valence-electron chi connectivity index (χ2n) is 6.04. The molecule has 2 nitrogen and oxygen atoms in total. The van der Waals surface area contributed by atoms with Gasteiger partial charge in [0.2, 0.25) is 0 Å². The zero-order valence-corrected chi connectivity index (χ0v) is 11.0. The van der Waals surface area contributed by atoms with Crippen molar-refractivity contribution in [3.63, 3.8) is 0 Å². The van der Waals surface area contributed by atoms with Crippen LogP contribution in [0.4, 0.5) is 0 Å². The van der Waals surface area contributed by atoms with Crippen LogP contribution in [0.1, 0.15) is 52.9 Å². The fourth-order valence-corrected chi connectivity index (χ4v) is 2.93. The average Bonchev–Trinajstić information content (AvgIpc) is 2.52. The third-order valence-corrected chi connectivity index (χ3v) is 4.11. The number of rotatable bonds is 5. The Morgan fingerprint density at radius 2 is 1.93 bits per heavy atom. The van der Waals surface area contributed by atoms with Gasteiger partial charge >= 0.3 is 0 Å². The van der Waals surface area contributed by atoms with Crippen molar-refractivity contribution in [2.45, 2.75) is 58.4 Å². The van der Waals surface area contributed by atoms with Gasteiger partial charge in [0, 0.05) is 12.1 Å². The minimum Gasteiger partial charge on any atom is -0.329 e. The summed E-state index contributed by atoms with van der Waals surface area (Å²) in [6.07, 6.45) is 6.42. The molecule has 1 rings (SSSR count). The van der Waals surface area contributed by atoms with Crippen molar-refractivity contribution in [2.75, 3.05) is 20.1 Å². The lowest BCUT2D eigenvalue weighted by Gasteiger charge is -2.39. The van der Waals surface area contributed by atoms with E-state index in [1.807, 2.05) is 0 Å². The molecule has 15 heavy (non-hydrogen) atoms. The number of likely N-dealkylation sites (N-methyl/N-ethyl adjacent to an activating group) is 1. The summed E-state index contributed by atoms with van der Waals surface area (Å²) in [6.45, 7) is 9.01. The molecule has 2 N–H and O–H groups in total. The summed E-state index contributed by atoms with van der Waals surface area (Å²) in [4.78, 5) is 2.52. The van der Waals surface area contributed by atoms with E-state index in [1.165, 1.54) is 38.6 Å². The molecule has 1 aliphatic carbocycles. The molecule has 0 aromatic carbocycles. The topological polar surface area (TPSA) is 29.3 Å². The molecule has 1 saturated carbocycles. The van der Waals surface area contributed by atoms with E-state index in [-0.39, 0.29) is 0 Å². The lowest BCUT2D eigenvalue weighted by Crippen LogP contribution is -2.51. The molecule has 0 saturated heterocycles. The van der Waals surface area contributed by atoms with Crippen molar-refractivity contribution in [2.24, 2.45) is 11.1 Å². The maximum absolute atomic E-state index is 6.02. The molecule has 0 heterocycles. The molecule has 2 heteroatoms. The number of nitrogens with two attached hydrogens (primary N) is 1. The van der Waals surface area contributed by atoms with Crippen LogP contribution in [0.2, 0.25) is 0 Å². The van der Waals surface area contributed by atoms with Crippen LogP contribution in [0.3, 0.4) is 0 Å². The molecule has 0 aromatic rings. The first-order chi connectivity index (χ1) is 6.96. The highest BCUT2D eigenvalue weighted by Crippen LogP contribution is 2.45. The van der Waals surface area contributed by atoms with Crippen LogP contribution < -0.4 is 5.73 Å². The van der Waals surface area contributed by atoms with E-state index in [2.05, 4.69) is 32.7 Å². The maximum Gasteiger partial charge on any atom is 0.0333 e. The average molecular weight is 212 g/mol. The molecule has 1 unspecified atom stereocenters. The summed E-state index contributed by atoms with van der Waals surface area (Å²) >= 11 is 0. The van der Waals surface area contributed by atoms with Crippen molar-refractivity contribution in [1.29, 1.82) is 0 Å². The van der Waals surface area contributed by atoms with Gasteiger partial charge < -0.3 is 5.73 Å². The van der Waals surface area contributed by atoms with E-state index in [4.69, 9.17) is 5.73 Å². The van der Waals surface area contributed by atoms with Crippen LogP contribution in [0, 0.1) is 5.41 Å². The lowest BCUT2D eigenvalue weighted by molar-refractivity contribution is 0.117. The first-order valence-corrected chi connectivity index (χ1v) is 6.37. The second kappa shape index (κ2) is 4.84. The highest BCUT2D eigenvalue weighted by atomic mass is 15.2. The predicted molar refractivity (Wildman–Crippen MR) is 67.0 cm³/mol. The number of nitrogens with zero attached hydrogens (tertiary/aromatic N) is 1. The zero-order valence-electron chi connectivity index (χ0n) is 11.0. The van der Waals surface area contributed by atoms with Crippen LogP contribution in [0.5, 0.6) is 0 Å². The van der Waals surface area contributed by atoms with Crippen molar-refractivity contribution in [1.82, 2.24) is 4.90 Å². The highest BCUT2D eigenvalue weighted by molar-refractivity contribution is 5.01. The molecule has 0 aliphatic heterocycles. The van der Waals surface area contributed by atoms with Gasteiger partial charge in [-0.1, -0.05) is 27.2 Å². The zero-order chi connectivity index (χ0) is 11.5. The van der Waals surface area contributed by atoms with Gasteiger partial charge in [0.15, 0.2) is 0 Å². The fraction of sp³-hybridized carbons (Fsp3) is 1.00. The van der Waals surface area contributed by atoms with Gasteiger partial charge in [-0.25, -0.2) is 0 Å². The van der Waals surface area contributed by atoms with Crippen molar-refractivity contribution in [3.05, 3.63) is 0 Å². The molecule has 0 aromatic heterocycles. The molecule has 0 spiro atoms. The first-order valence-electron chi connectivity index (χ1n) is 6.37. The predicted octanol–water partition coefficient (Wildman–Crippen LogP) is 2.63. The standard InChI is InChI=1S/C13H28N2/c1-5-6-9-15(4)13(11-14)8-7-12(2,3)10-13/h5-11,14H2,1-4H3. The summed E-state index contributed by atoms with van der Waals surface area (Å²) in [7, 11) is 2.25. The summed E-state index contributed by atoms with van der Waals surface area (Å²) in [5, 5.41) is 0. The Morgan fingerprint density at radius 3 is 2.33 bits per heavy atom. The van der Waals surface area contributed by atoms with E-state index in [9.17, 15) is 0 Å². The molecular weight excluding hydrogens is 184 g/mol. The normalized spacial score (nSPS) is 30.0. The van der Waals surface area contributed by atoms with Gasteiger partial charge in [0.05, 0.1) is 0 Å². The van der Waals surface area contributed by atoms with Gasteiger partial charge in [-0.2, -0.15) is 0 Å². The second-order valence-corrected chi connectivity index (χ2v) is 6.04. The van der Waals surface area contributed by atoms with Crippen LogP contribution in [-0.2, 0) is 0 Å². The van der Waals surface area contributed by atoms with Crippen molar-refractivity contribution in [3.8, 4) is 0 Å². The monoisotopic (exact) mass is 212 g/mol. The number of hydrogen-bond acceptors (Lipinski definition) is 2. The number of unbranched alkanes of at least 4 members (excludes halogenated alkanes) is 1. The molecule has 0 radical (unpaired) electrons. The largest absolute Gasteiger partial charge is 0.329 e. The molecule has 1 atom stereocenters. The Bertz CT molecular complexity index is 201. The number of hydrogen-bond donors (Lipinski definition) is 1. The van der Waals surface area contributed by atoms with E-state index in [1.54, 1.807) is 0 Å². The summed E-state index contributed by atoms with van der Waals surface area (Å²) in [6, 6.07) is 0. The SMILES string of the molecule is CCCCN(C)C1(CN)CCC(C)(C)C1. The lowest BCUT2D eigenvalue weighted by atomic mass is 9.87. The minimum absolute atomic E-state index is 0.290. The minimum atomic E-state index is 0.290. The molecule has 0 amide bonds. The van der Waals surface area contributed by atoms with Crippen LogP contribution >= 0.6 is 0 Å². The van der Waals surface area contributed by atoms with Gasteiger partial charge in [-0.05, 0) is 44.7 Å². The van der Waals surface area contributed by atoms with Crippen LogP contribution in [0.15, 0.2) is 0 Å². The van der Waals surface area contributed by atoms with Crippen LogP contribution in [0.25, 0.3) is 0 Å². The Hall–Kier alpha value is -0.0800. The van der Waals surface area contributed by atoms with E-state index in [0.717, 1.165) is 6.54 Å². The fourth-order valence-electron chi connectivity index (χ4n) is 2.93. The summed E-state index contributed by atoms with van der Waals surface area (Å²) < 4.78 is 0. The van der Waals surface area contributed by atoms with Crippen molar-refractivity contribution >= 4 is 0 Å². The third-order valence-electron chi connectivity index (χ3n) is 4.11. The van der Waals surface area contributed by atoms with E-state index >= 15 is 0 Å². The molecule has 1 aliphatic rings. The maximum atomic E-state index is 6.02. The summed E-state index contributed by atoms with van der Waals surface area (Å²) in [5.74, 6) is 0. The first kappa shape index (κ1) is 13.0. The Kier molecular flexibility index (Phi) is 4.19. The van der Waals surface area contributed by atoms with Gasteiger partial charge in [0.25, 0.3) is 0 Å². The van der Waals surface area contributed by atoms with Gasteiger partial charge in [-0.15, -0.1) is 0 Å². The van der Waals surface area contributed by atoms with E-state index < -0.39 is 0 Å². The highest BCUT2D eigenvalue weighted by Gasteiger charge is 2.44. The molecular formula is C13H28N2. The molecule has 1 fully saturated rings. The Labute approximate surface area is 95.2 Å². The van der Waals surface area contributed by atoms with Gasteiger partial charge in [0.1, 0.15) is 0 Å². The van der Waals surface area contributed by atoms with Crippen LogP contribution in [-0.4, -0.2) is 30.6 Å². The van der Waals surface area contributed by atoms with E-state index in [0.29, 0.717) is 11.0 Å². The van der Waals surface area contributed by atoms with Crippen molar-refractivity contribution < 1.29 is 0 Å². The Morgan fingerprint density at radius 1 is 1.27 bits per heavy atom.